The van der Waals surface area contributed by atoms with Gasteiger partial charge in [0.15, 0.2) is 11.5 Å². The molecule has 0 atom stereocenters. The summed E-state index contributed by atoms with van der Waals surface area (Å²) in [6.45, 7) is 2.22. The predicted molar refractivity (Wildman–Crippen MR) is 86.5 cm³/mol. The normalized spacial score (nSPS) is 15.7. The van der Waals surface area contributed by atoms with E-state index in [1.165, 1.54) is 0 Å². The average molecular weight is 313 g/mol. The van der Waals surface area contributed by atoms with Crippen molar-refractivity contribution in [2.24, 2.45) is 10.2 Å². The highest BCUT2D eigenvalue weighted by Crippen LogP contribution is 2.37. The summed E-state index contributed by atoms with van der Waals surface area (Å²) >= 11 is 6.35. The minimum Gasteiger partial charge on any atom is -0.454 e. The number of ether oxygens (including phenoxy) is 2. The van der Waals surface area contributed by atoms with Crippen LogP contribution in [-0.2, 0) is 6.42 Å². The molecule has 0 spiro atoms. The molecule has 0 unspecified atom stereocenters. The minimum absolute atomic E-state index is 0.254. The van der Waals surface area contributed by atoms with Gasteiger partial charge >= 0.3 is 0 Å². The van der Waals surface area contributed by atoms with Gasteiger partial charge in [0.2, 0.25) is 6.79 Å². The average Bonchev–Trinajstić information content (AvgIpc) is 2.89. The number of hydrogen-bond acceptors (Lipinski definition) is 4. The van der Waals surface area contributed by atoms with Crippen LogP contribution in [0.3, 0.4) is 0 Å². The van der Waals surface area contributed by atoms with E-state index in [0.29, 0.717) is 5.02 Å². The molecule has 0 fully saturated rings. The van der Waals surface area contributed by atoms with E-state index >= 15 is 0 Å². The van der Waals surface area contributed by atoms with Crippen LogP contribution < -0.4 is 9.47 Å². The first-order valence-corrected chi connectivity index (χ1v) is 7.39. The summed E-state index contributed by atoms with van der Waals surface area (Å²) in [4.78, 5) is 0. The number of nitrogens with zero attached hydrogens (tertiary/aromatic N) is 2. The summed E-state index contributed by atoms with van der Waals surface area (Å²) in [6.07, 6.45) is 0.726. The molecule has 0 N–H and O–H groups in total. The first-order valence-electron chi connectivity index (χ1n) is 7.01. The van der Waals surface area contributed by atoms with E-state index in [1.54, 1.807) is 0 Å². The van der Waals surface area contributed by atoms with Crippen molar-refractivity contribution in [1.82, 2.24) is 0 Å². The van der Waals surface area contributed by atoms with Gasteiger partial charge in [-0.15, -0.1) is 5.10 Å². The smallest absolute Gasteiger partial charge is 0.231 e. The molecule has 5 heteroatoms. The van der Waals surface area contributed by atoms with Gasteiger partial charge in [0, 0.05) is 23.3 Å². The topological polar surface area (TPSA) is 43.2 Å². The molecule has 110 valence electrons. The van der Waals surface area contributed by atoms with Crippen LogP contribution in [0.25, 0.3) is 0 Å². The first-order chi connectivity index (χ1) is 10.7. The highest BCUT2D eigenvalue weighted by molar-refractivity contribution is 6.35. The summed E-state index contributed by atoms with van der Waals surface area (Å²) < 4.78 is 11.0. The Labute approximate surface area is 133 Å². The molecule has 2 aromatic carbocycles. The van der Waals surface area contributed by atoms with Crippen molar-refractivity contribution in [2.45, 2.75) is 13.3 Å². The van der Waals surface area contributed by atoms with Gasteiger partial charge in [0.05, 0.1) is 5.02 Å². The standard InChI is InChI=1S/C17H13ClN2O2/c1-10-6-11-7-15-16(22-9-21-15)8-13(11)17(20-19-10)12-4-2-3-5-14(12)18/h2-5,7-8H,6,9H2,1H3. The predicted octanol–water partition coefficient (Wildman–Crippen LogP) is 3.84. The lowest BCUT2D eigenvalue weighted by atomic mass is 9.94. The van der Waals surface area contributed by atoms with Crippen LogP contribution in [0.4, 0.5) is 0 Å². The van der Waals surface area contributed by atoms with E-state index in [0.717, 1.165) is 46.0 Å². The second-order valence-electron chi connectivity index (χ2n) is 5.30. The van der Waals surface area contributed by atoms with Crippen molar-refractivity contribution >= 4 is 23.0 Å². The molecule has 0 amide bonds. The van der Waals surface area contributed by atoms with Crippen LogP contribution in [0.1, 0.15) is 23.6 Å². The highest BCUT2D eigenvalue weighted by atomic mass is 35.5. The Morgan fingerprint density at radius 1 is 1.00 bits per heavy atom. The molecule has 0 radical (unpaired) electrons. The molecule has 4 nitrogen and oxygen atoms in total. The summed E-state index contributed by atoms with van der Waals surface area (Å²) in [5.74, 6) is 1.50. The summed E-state index contributed by atoms with van der Waals surface area (Å²) in [7, 11) is 0. The van der Waals surface area contributed by atoms with Gasteiger partial charge in [-0.3, -0.25) is 0 Å². The molecule has 2 aliphatic heterocycles. The minimum atomic E-state index is 0.254. The van der Waals surface area contributed by atoms with Crippen LogP contribution >= 0.6 is 11.6 Å². The number of halogens is 1. The maximum Gasteiger partial charge on any atom is 0.231 e. The Bertz CT molecular complexity index is 827. The molecular weight excluding hydrogens is 300 g/mol. The lowest BCUT2D eigenvalue weighted by Crippen LogP contribution is -2.07. The van der Waals surface area contributed by atoms with Crippen molar-refractivity contribution < 1.29 is 9.47 Å². The number of benzene rings is 2. The van der Waals surface area contributed by atoms with Crippen molar-refractivity contribution in [3.63, 3.8) is 0 Å². The van der Waals surface area contributed by atoms with Gasteiger partial charge in [0.1, 0.15) is 5.71 Å². The Hall–Kier alpha value is -2.33. The van der Waals surface area contributed by atoms with Crippen LogP contribution in [-0.4, -0.2) is 18.2 Å². The molecule has 22 heavy (non-hydrogen) atoms. The third-order valence-corrected chi connectivity index (χ3v) is 4.08. The highest BCUT2D eigenvalue weighted by Gasteiger charge is 2.23. The molecule has 2 aromatic rings. The molecule has 4 rings (SSSR count). The zero-order valence-corrected chi connectivity index (χ0v) is 12.7. The largest absolute Gasteiger partial charge is 0.454 e. The number of rotatable bonds is 1. The van der Waals surface area contributed by atoms with E-state index in [9.17, 15) is 0 Å². The third kappa shape index (κ3) is 2.16. The zero-order valence-electron chi connectivity index (χ0n) is 12.0. The molecule has 2 aliphatic rings. The molecule has 0 bridgehead atoms. The fraction of sp³-hybridized carbons (Fsp3) is 0.176. The fourth-order valence-corrected chi connectivity index (χ4v) is 2.93. The fourth-order valence-electron chi connectivity index (χ4n) is 2.70. The Kier molecular flexibility index (Phi) is 3.12. The van der Waals surface area contributed by atoms with Crippen LogP contribution in [0.15, 0.2) is 46.6 Å². The molecule has 2 heterocycles. The quantitative estimate of drug-likeness (QED) is 0.803. The van der Waals surface area contributed by atoms with E-state index < -0.39 is 0 Å². The van der Waals surface area contributed by atoms with Gasteiger partial charge in [-0.25, -0.2) is 0 Å². The van der Waals surface area contributed by atoms with E-state index in [4.69, 9.17) is 21.1 Å². The van der Waals surface area contributed by atoms with Crippen LogP contribution in [0, 0.1) is 0 Å². The van der Waals surface area contributed by atoms with E-state index in [2.05, 4.69) is 10.2 Å². The third-order valence-electron chi connectivity index (χ3n) is 3.75. The second-order valence-corrected chi connectivity index (χ2v) is 5.71. The maximum atomic E-state index is 6.35. The van der Waals surface area contributed by atoms with Gasteiger partial charge in [-0.05, 0) is 30.7 Å². The number of fused-ring (bicyclic) bond motifs is 2. The van der Waals surface area contributed by atoms with Gasteiger partial charge in [0.25, 0.3) is 0 Å². The zero-order chi connectivity index (χ0) is 15.1. The van der Waals surface area contributed by atoms with Crippen LogP contribution in [0.2, 0.25) is 5.02 Å². The molecule has 0 saturated carbocycles. The lowest BCUT2D eigenvalue weighted by Gasteiger charge is -2.11. The second kappa shape index (κ2) is 5.14. The lowest BCUT2D eigenvalue weighted by molar-refractivity contribution is 0.174. The number of hydrogen-bond donors (Lipinski definition) is 0. The molecular formula is C17H13ClN2O2. The van der Waals surface area contributed by atoms with Crippen molar-refractivity contribution in [2.75, 3.05) is 6.79 Å². The van der Waals surface area contributed by atoms with Gasteiger partial charge in [-0.2, -0.15) is 5.10 Å². The summed E-state index contributed by atoms with van der Waals surface area (Å²) in [6, 6.07) is 11.6. The van der Waals surface area contributed by atoms with Crippen molar-refractivity contribution in [3.8, 4) is 11.5 Å². The maximum absolute atomic E-state index is 6.35. The summed E-state index contributed by atoms with van der Waals surface area (Å²) in [5.41, 5.74) is 4.67. The Balaban J connectivity index is 1.95. The van der Waals surface area contributed by atoms with E-state index in [1.807, 2.05) is 43.3 Å². The van der Waals surface area contributed by atoms with Crippen LogP contribution in [0.5, 0.6) is 11.5 Å². The monoisotopic (exact) mass is 312 g/mol. The Morgan fingerprint density at radius 3 is 2.59 bits per heavy atom. The van der Waals surface area contributed by atoms with Gasteiger partial charge in [-0.1, -0.05) is 29.8 Å². The molecule has 0 saturated heterocycles. The summed E-state index contributed by atoms with van der Waals surface area (Å²) in [5, 5.41) is 9.38. The van der Waals surface area contributed by atoms with Gasteiger partial charge < -0.3 is 9.47 Å². The first kappa shape index (κ1) is 13.3. The van der Waals surface area contributed by atoms with E-state index in [-0.39, 0.29) is 6.79 Å². The Morgan fingerprint density at radius 2 is 1.77 bits per heavy atom. The van der Waals surface area contributed by atoms with Crippen molar-refractivity contribution in [3.05, 3.63) is 58.1 Å². The molecule has 0 aliphatic carbocycles. The van der Waals surface area contributed by atoms with Crippen molar-refractivity contribution in [1.29, 1.82) is 0 Å². The SMILES string of the molecule is CC1=NN=C(c2ccccc2Cl)c2cc3c(cc2C1)OCO3. The molecule has 0 aromatic heterocycles.